The number of unbranched alkanes of at least 4 members (excludes halogenated alkanes) is 7. The number of rotatable bonds is 12. The zero-order chi connectivity index (χ0) is 16.3. The zero-order valence-electron chi connectivity index (χ0n) is 14.8. The molecule has 0 amide bonds. The number of benzene rings is 1. The minimum atomic E-state index is -0.135. The molecule has 23 heavy (non-hydrogen) atoms. The van der Waals surface area contributed by atoms with Crippen molar-refractivity contribution in [2.75, 3.05) is 6.54 Å². The quantitative estimate of drug-likeness (QED) is 0.440. The van der Waals surface area contributed by atoms with E-state index in [0.29, 0.717) is 6.04 Å². The van der Waals surface area contributed by atoms with Gasteiger partial charge < -0.3 is 5.32 Å². The van der Waals surface area contributed by atoms with Gasteiger partial charge in [-0.3, -0.25) is 0 Å². The van der Waals surface area contributed by atoms with Crippen LogP contribution in [0.1, 0.15) is 89.2 Å². The van der Waals surface area contributed by atoms with Gasteiger partial charge in [0, 0.05) is 6.04 Å². The summed E-state index contributed by atoms with van der Waals surface area (Å²) in [4.78, 5) is 0. The van der Waals surface area contributed by atoms with Crippen LogP contribution in [0.4, 0.5) is 4.39 Å². The number of hydrogen-bond donors (Lipinski definition) is 1. The lowest BCUT2D eigenvalue weighted by Crippen LogP contribution is -2.32. The van der Waals surface area contributed by atoms with Crippen LogP contribution in [0.15, 0.2) is 24.3 Å². The van der Waals surface area contributed by atoms with E-state index in [1.165, 1.54) is 76.2 Å². The summed E-state index contributed by atoms with van der Waals surface area (Å²) in [7, 11) is 0. The second-order valence-electron chi connectivity index (χ2n) is 7.15. The summed E-state index contributed by atoms with van der Waals surface area (Å²) in [6.45, 7) is 3.36. The molecule has 1 atom stereocenters. The topological polar surface area (TPSA) is 12.0 Å². The number of halogens is 1. The summed E-state index contributed by atoms with van der Waals surface area (Å²) in [5.74, 6) is 0.610. The predicted octanol–water partition coefficient (Wildman–Crippen LogP) is 6.40. The Kier molecular flexibility index (Phi) is 8.67. The Morgan fingerprint density at radius 2 is 1.57 bits per heavy atom. The number of nitrogens with one attached hydrogen (secondary N) is 1. The second-order valence-corrected chi connectivity index (χ2v) is 7.15. The van der Waals surface area contributed by atoms with Crippen LogP contribution >= 0.6 is 0 Å². The SMILES string of the molecule is CCCCCCCCCCN[C@H](c1ccc(F)cc1)C1CCC1. The van der Waals surface area contributed by atoms with Gasteiger partial charge in [-0.2, -0.15) is 0 Å². The molecule has 1 fully saturated rings. The molecule has 1 aromatic rings. The first-order valence-electron chi connectivity index (χ1n) is 9.80. The minimum absolute atomic E-state index is 0.135. The third kappa shape index (κ3) is 6.63. The Balaban J connectivity index is 1.63. The van der Waals surface area contributed by atoms with Crippen LogP contribution in [0.2, 0.25) is 0 Å². The standard InChI is InChI=1S/C21H34FN/c1-2-3-4-5-6-7-8-9-17-23-21(18-11-10-12-18)19-13-15-20(22)16-14-19/h13-16,18,21,23H,2-12,17H2,1H3/t21-/m0/s1. The summed E-state index contributed by atoms with van der Waals surface area (Å²) < 4.78 is 13.1. The molecule has 1 aliphatic carbocycles. The maximum atomic E-state index is 13.1. The van der Waals surface area contributed by atoms with Crippen molar-refractivity contribution < 1.29 is 4.39 Å². The summed E-state index contributed by atoms with van der Waals surface area (Å²) in [6, 6.07) is 7.53. The third-order valence-electron chi connectivity index (χ3n) is 5.24. The molecule has 0 bridgehead atoms. The first-order valence-corrected chi connectivity index (χ1v) is 9.80. The zero-order valence-corrected chi connectivity index (χ0v) is 14.8. The van der Waals surface area contributed by atoms with Crippen molar-refractivity contribution >= 4 is 0 Å². The van der Waals surface area contributed by atoms with Crippen LogP contribution in [0.3, 0.4) is 0 Å². The van der Waals surface area contributed by atoms with E-state index in [9.17, 15) is 4.39 Å². The van der Waals surface area contributed by atoms with Gasteiger partial charge in [0.25, 0.3) is 0 Å². The van der Waals surface area contributed by atoms with E-state index >= 15 is 0 Å². The minimum Gasteiger partial charge on any atom is -0.310 e. The van der Waals surface area contributed by atoms with Crippen molar-refractivity contribution in [3.05, 3.63) is 35.6 Å². The van der Waals surface area contributed by atoms with Crippen molar-refractivity contribution in [2.45, 2.75) is 83.6 Å². The Labute approximate surface area is 142 Å². The maximum absolute atomic E-state index is 13.1. The van der Waals surface area contributed by atoms with Gasteiger partial charge in [-0.05, 0) is 49.4 Å². The van der Waals surface area contributed by atoms with Gasteiger partial charge in [0.05, 0.1) is 0 Å². The highest BCUT2D eigenvalue weighted by Crippen LogP contribution is 2.37. The van der Waals surface area contributed by atoms with E-state index in [4.69, 9.17) is 0 Å². The third-order valence-corrected chi connectivity index (χ3v) is 5.24. The summed E-state index contributed by atoms with van der Waals surface area (Å²) in [6.07, 6.45) is 14.9. The van der Waals surface area contributed by atoms with E-state index in [0.717, 1.165) is 12.5 Å². The van der Waals surface area contributed by atoms with Crippen LogP contribution in [-0.2, 0) is 0 Å². The Morgan fingerprint density at radius 1 is 0.957 bits per heavy atom. The fourth-order valence-corrected chi connectivity index (χ4v) is 3.52. The molecule has 2 rings (SSSR count). The fraction of sp³-hybridized carbons (Fsp3) is 0.714. The van der Waals surface area contributed by atoms with E-state index in [1.54, 1.807) is 12.1 Å². The lowest BCUT2D eigenvalue weighted by atomic mass is 9.77. The molecular formula is C21H34FN. The van der Waals surface area contributed by atoms with Crippen molar-refractivity contribution in [2.24, 2.45) is 5.92 Å². The molecule has 0 radical (unpaired) electrons. The Hall–Kier alpha value is -0.890. The van der Waals surface area contributed by atoms with Gasteiger partial charge in [0.2, 0.25) is 0 Å². The molecule has 130 valence electrons. The molecule has 1 saturated carbocycles. The number of hydrogen-bond acceptors (Lipinski definition) is 1. The molecule has 1 N–H and O–H groups in total. The van der Waals surface area contributed by atoms with E-state index in [-0.39, 0.29) is 5.82 Å². The van der Waals surface area contributed by atoms with E-state index in [1.807, 2.05) is 12.1 Å². The maximum Gasteiger partial charge on any atom is 0.123 e. The Morgan fingerprint density at radius 3 is 2.13 bits per heavy atom. The smallest absolute Gasteiger partial charge is 0.123 e. The van der Waals surface area contributed by atoms with Gasteiger partial charge in [-0.1, -0.05) is 70.4 Å². The molecule has 0 unspecified atom stereocenters. The van der Waals surface area contributed by atoms with Crippen LogP contribution < -0.4 is 5.32 Å². The van der Waals surface area contributed by atoms with Gasteiger partial charge in [0.15, 0.2) is 0 Å². The second kappa shape index (κ2) is 10.8. The van der Waals surface area contributed by atoms with Gasteiger partial charge in [-0.25, -0.2) is 4.39 Å². The van der Waals surface area contributed by atoms with Crippen LogP contribution in [0.5, 0.6) is 0 Å². The predicted molar refractivity (Wildman–Crippen MR) is 97.1 cm³/mol. The summed E-state index contributed by atoms with van der Waals surface area (Å²) >= 11 is 0. The lowest BCUT2D eigenvalue weighted by Gasteiger charge is -2.35. The molecule has 2 heteroatoms. The van der Waals surface area contributed by atoms with Crippen molar-refractivity contribution in [3.8, 4) is 0 Å². The largest absolute Gasteiger partial charge is 0.310 e. The highest BCUT2D eigenvalue weighted by Gasteiger charge is 2.27. The van der Waals surface area contributed by atoms with Crippen LogP contribution in [-0.4, -0.2) is 6.54 Å². The highest BCUT2D eigenvalue weighted by molar-refractivity contribution is 5.21. The van der Waals surface area contributed by atoms with Gasteiger partial charge in [0.1, 0.15) is 5.82 Å². The van der Waals surface area contributed by atoms with Crippen molar-refractivity contribution in [1.29, 1.82) is 0 Å². The molecule has 0 heterocycles. The lowest BCUT2D eigenvalue weighted by molar-refractivity contribution is 0.230. The molecular weight excluding hydrogens is 285 g/mol. The molecule has 1 nitrogen and oxygen atoms in total. The van der Waals surface area contributed by atoms with E-state index in [2.05, 4.69) is 12.2 Å². The first kappa shape index (κ1) is 18.4. The molecule has 1 aromatic carbocycles. The first-order chi connectivity index (χ1) is 11.3. The highest BCUT2D eigenvalue weighted by atomic mass is 19.1. The van der Waals surface area contributed by atoms with Crippen molar-refractivity contribution in [3.63, 3.8) is 0 Å². The normalized spacial score (nSPS) is 16.3. The van der Waals surface area contributed by atoms with Gasteiger partial charge >= 0.3 is 0 Å². The molecule has 0 saturated heterocycles. The van der Waals surface area contributed by atoms with Crippen LogP contribution in [0, 0.1) is 11.7 Å². The molecule has 0 aromatic heterocycles. The monoisotopic (exact) mass is 319 g/mol. The summed E-state index contributed by atoms with van der Waals surface area (Å²) in [5, 5.41) is 3.75. The molecule has 1 aliphatic rings. The fourth-order valence-electron chi connectivity index (χ4n) is 3.52. The van der Waals surface area contributed by atoms with E-state index < -0.39 is 0 Å². The molecule has 0 spiro atoms. The summed E-state index contributed by atoms with van der Waals surface area (Å²) in [5.41, 5.74) is 1.26. The van der Waals surface area contributed by atoms with Crippen molar-refractivity contribution in [1.82, 2.24) is 5.32 Å². The van der Waals surface area contributed by atoms with Gasteiger partial charge in [-0.15, -0.1) is 0 Å². The van der Waals surface area contributed by atoms with Crippen LogP contribution in [0.25, 0.3) is 0 Å². The molecule has 0 aliphatic heterocycles. The Bertz CT molecular complexity index is 410. The average Bonchev–Trinajstić information content (AvgIpc) is 2.51. The average molecular weight is 320 g/mol.